The summed E-state index contributed by atoms with van der Waals surface area (Å²) in [5.74, 6) is 1.27. The quantitative estimate of drug-likeness (QED) is 0.309. The van der Waals surface area contributed by atoms with Gasteiger partial charge in [0.05, 0.1) is 18.5 Å². The van der Waals surface area contributed by atoms with Crippen LogP contribution in [0.1, 0.15) is 32.3 Å². The zero-order valence-corrected chi connectivity index (χ0v) is 21.1. The molecule has 0 bridgehead atoms. The highest BCUT2D eigenvalue weighted by Crippen LogP contribution is 2.17. The Labute approximate surface area is 190 Å². The molecule has 1 unspecified atom stereocenters. The van der Waals surface area contributed by atoms with E-state index in [1.165, 1.54) is 5.56 Å². The maximum absolute atomic E-state index is 12.4. The van der Waals surface area contributed by atoms with Gasteiger partial charge in [0, 0.05) is 39.8 Å². The first-order valence-electron chi connectivity index (χ1n) is 9.40. The summed E-state index contributed by atoms with van der Waals surface area (Å²) in [6.45, 7) is 9.26. The first-order valence-corrected chi connectivity index (χ1v) is 12.0. The fourth-order valence-corrected chi connectivity index (χ4v) is 5.01. The number of ether oxygens (including phenoxy) is 1. The molecule has 0 aromatic carbocycles. The third kappa shape index (κ3) is 7.77. The SMILES string of the molecule is CN=C(NCC(C)c1ccsc1)N1CCN(S(=O)(=O)CCOC(C)C)CC1.I. The van der Waals surface area contributed by atoms with Gasteiger partial charge in [0.15, 0.2) is 5.96 Å². The maximum Gasteiger partial charge on any atom is 0.216 e. The summed E-state index contributed by atoms with van der Waals surface area (Å²) >= 11 is 1.71. The van der Waals surface area contributed by atoms with Crippen molar-refractivity contribution in [1.29, 1.82) is 0 Å². The van der Waals surface area contributed by atoms with Crippen molar-refractivity contribution in [2.24, 2.45) is 4.99 Å². The van der Waals surface area contributed by atoms with Crippen molar-refractivity contribution in [3.05, 3.63) is 22.4 Å². The summed E-state index contributed by atoms with van der Waals surface area (Å²) in [4.78, 5) is 6.49. The van der Waals surface area contributed by atoms with E-state index < -0.39 is 10.0 Å². The van der Waals surface area contributed by atoms with Gasteiger partial charge in [0.1, 0.15) is 0 Å². The number of hydrogen-bond donors (Lipinski definition) is 1. The summed E-state index contributed by atoms with van der Waals surface area (Å²) in [7, 11) is -1.50. The Kier molecular flexibility index (Phi) is 11.3. The molecule has 2 heterocycles. The molecule has 0 amide bonds. The van der Waals surface area contributed by atoms with E-state index in [-0.39, 0.29) is 42.4 Å². The Hall–Kier alpha value is -0.430. The van der Waals surface area contributed by atoms with Gasteiger partial charge in [-0.25, -0.2) is 8.42 Å². The first kappa shape index (κ1) is 25.6. The monoisotopic (exact) mass is 544 g/mol. The molecular formula is C18H33IN4O3S2. The topological polar surface area (TPSA) is 74.2 Å². The Bertz CT molecular complexity index is 688. The predicted molar refractivity (Wildman–Crippen MR) is 128 cm³/mol. The summed E-state index contributed by atoms with van der Waals surface area (Å²) in [6, 6.07) is 2.15. The van der Waals surface area contributed by atoms with E-state index in [0.717, 1.165) is 12.5 Å². The van der Waals surface area contributed by atoms with Gasteiger partial charge in [-0.1, -0.05) is 6.92 Å². The number of nitrogens with one attached hydrogen (secondary N) is 1. The summed E-state index contributed by atoms with van der Waals surface area (Å²) in [6.07, 6.45) is 0.0444. The molecule has 1 N–H and O–H groups in total. The Balaban J connectivity index is 0.00000392. The van der Waals surface area contributed by atoms with Gasteiger partial charge in [-0.15, -0.1) is 24.0 Å². The van der Waals surface area contributed by atoms with Crippen LogP contribution in [0.5, 0.6) is 0 Å². The number of piperazine rings is 1. The van der Waals surface area contributed by atoms with Crippen molar-refractivity contribution in [1.82, 2.24) is 14.5 Å². The molecule has 162 valence electrons. The van der Waals surface area contributed by atoms with Crippen LogP contribution in [0.4, 0.5) is 0 Å². The molecule has 2 rings (SSSR count). The fourth-order valence-electron chi connectivity index (χ4n) is 2.95. The molecule has 1 fully saturated rings. The van der Waals surface area contributed by atoms with Crippen molar-refractivity contribution >= 4 is 51.3 Å². The van der Waals surface area contributed by atoms with Crippen molar-refractivity contribution in [2.45, 2.75) is 32.8 Å². The Morgan fingerprint density at radius 3 is 2.50 bits per heavy atom. The molecule has 1 aliphatic heterocycles. The summed E-state index contributed by atoms with van der Waals surface area (Å²) in [5.41, 5.74) is 1.32. The average molecular weight is 545 g/mol. The number of sulfonamides is 1. The minimum absolute atomic E-state index is 0. The van der Waals surface area contributed by atoms with Gasteiger partial charge in [0.25, 0.3) is 0 Å². The van der Waals surface area contributed by atoms with E-state index in [2.05, 4.69) is 39.0 Å². The number of rotatable bonds is 8. The number of hydrogen-bond acceptors (Lipinski definition) is 5. The lowest BCUT2D eigenvalue weighted by Gasteiger charge is -2.36. The lowest BCUT2D eigenvalue weighted by molar-refractivity contribution is 0.0904. The Morgan fingerprint density at radius 2 is 1.96 bits per heavy atom. The van der Waals surface area contributed by atoms with Crippen molar-refractivity contribution in [3.63, 3.8) is 0 Å². The van der Waals surface area contributed by atoms with Gasteiger partial charge in [-0.3, -0.25) is 4.99 Å². The van der Waals surface area contributed by atoms with Crippen LogP contribution in [0.2, 0.25) is 0 Å². The number of guanidine groups is 1. The highest BCUT2D eigenvalue weighted by molar-refractivity contribution is 14.0. The van der Waals surface area contributed by atoms with E-state index in [1.54, 1.807) is 22.7 Å². The minimum atomic E-state index is -3.27. The predicted octanol–water partition coefficient (Wildman–Crippen LogP) is 2.42. The largest absolute Gasteiger partial charge is 0.378 e. The lowest BCUT2D eigenvalue weighted by atomic mass is 10.1. The number of nitrogens with zero attached hydrogens (tertiary/aromatic N) is 3. The molecular weight excluding hydrogens is 511 g/mol. The fraction of sp³-hybridized carbons (Fsp3) is 0.722. The zero-order chi connectivity index (χ0) is 19.9. The van der Waals surface area contributed by atoms with Crippen LogP contribution in [-0.2, 0) is 14.8 Å². The summed E-state index contributed by atoms with van der Waals surface area (Å²) < 4.78 is 31.8. The molecule has 0 aliphatic carbocycles. The third-order valence-corrected chi connectivity index (χ3v) is 7.15. The lowest BCUT2D eigenvalue weighted by Crippen LogP contribution is -2.54. The number of thiophene rings is 1. The van der Waals surface area contributed by atoms with E-state index in [9.17, 15) is 8.42 Å². The Morgan fingerprint density at radius 1 is 1.29 bits per heavy atom. The van der Waals surface area contributed by atoms with E-state index >= 15 is 0 Å². The highest BCUT2D eigenvalue weighted by Gasteiger charge is 2.28. The molecule has 0 radical (unpaired) electrons. The molecule has 10 heteroatoms. The molecule has 1 aliphatic rings. The molecule has 1 aromatic rings. The molecule has 1 atom stereocenters. The standard InChI is InChI=1S/C18H32N4O3S2.HI/c1-15(2)25-10-12-27(23,24)22-8-6-21(7-9-22)18(19-4)20-13-16(3)17-5-11-26-14-17;/h5,11,14-16H,6-10,12-13H2,1-4H3,(H,19,20);1H. The van der Waals surface area contributed by atoms with Gasteiger partial charge < -0.3 is 15.0 Å². The van der Waals surface area contributed by atoms with Crippen molar-refractivity contribution in [3.8, 4) is 0 Å². The molecule has 0 spiro atoms. The van der Waals surface area contributed by atoms with E-state index in [0.29, 0.717) is 32.1 Å². The second-order valence-corrected chi connectivity index (χ2v) is 9.88. The smallest absolute Gasteiger partial charge is 0.216 e. The van der Waals surface area contributed by atoms with Crippen LogP contribution >= 0.6 is 35.3 Å². The average Bonchev–Trinajstić information content (AvgIpc) is 3.17. The van der Waals surface area contributed by atoms with Gasteiger partial charge in [-0.05, 0) is 42.2 Å². The maximum atomic E-state index is 12.4. The van der Waals surface area contributed by atoms with Crippen LogP contribution in [-0.4, -0.2) is 81.8 Å². The van der Waals surface area contributed by atoms with Gasteiger partial charge in [-0.2, -0.15) is 15.6 Å². The molecule has 1 aromatic heterocycles. The second kappa shape index (κ2) is 12.3. The normalized spacial score (nSPS) is 17.5. The zero-order valence-electron chi connectivity index (χ0n) is 17.1. The van der Waals surface area contributed by atoms with Crippen molar-refractivity contribution < 1.29 is 13.2 Å². The van der Waals surface area contributed by atoms with Crippen molar-refractivity contribution in [2.75, 3.05) is 52.1 Å². The number of halogens is 1. The second-order valence-electron chi connectivity index (χ2n) is 7.01. The van der Waals surface area contributed by atoms with E-state index in [1.807, 2.05) is 13.8 Å². The molecule has 28 heavy (non-hydrogen) atoms. The van der Waals surface area contributed by atoms with Crippen LogP contribution in [0.25, 0.3) is 0 Å². The van der Waals surface area contributed by atoms with Gasteiger partial charge in [0.2, 0.25) is 10.0 Å². The first-order chi connectivity index (χ1) is 12.8. The number of aliphatic imine (C=N–C) groups is 1. The minimum Gasteiger partial charge on any atom is -0.378 e. The molecule has 7 nitrogen and oxygen atoms in total. The van der Waals surface area contributed by atoms with Crippen LogP contribution in [0.15, 0.2) is 21.8 Å². The van der Waals surface area contributed by atoms with Gasteiger partial charge >= 0.3 is 0 Å². The summed E-state index contributed by atoms with van der Waals surface area (Å²) in [5, 5.41) is 7.68. The van der Waals surface area contributed by atoms with Crippen LogP contribution < -0.4 is 5.32 Å². The van der Waals surface area contributed by atoms with Crippen LogP contribution in [0.3, 0.4) is 0 Å². The third-order valence-electron chi connectivity index (χ3n) is 4.61. The van der Waals surface area contributed by atoms with E-state index in [4.69, 9.17) is 4.74 Å². The molecule has 1 saturated heterocycles. The van der Waals surface area contributed by atoms with Crippen LogP contribution in [0, 0.1) is 0 Å². The molecule has 0 saturated carbocycles. The highest BCUT2D eigenvalue weighted by atomic mass is 127.